The largest absolute Gasteiger partial charge is 0.460 e. The van der Waals surface area contributed by atoms with Gasteiger partial charge < -0.3 is 16.2 Å². The summed E-state index contributed by atoms with van der Waals surface area (Å²) in [5.74, 6) is -1.79. The Morgan fingerprint density at radius 2 is 1.96 bits per heavy atom. The SMILES string of the molecule is Cc1nc2cc(F)cc(N)c2c(=O)n1[C@@H](CCC(=O)OC(C)(C)C)C(N)=O. The smallest absolute Gasteiger partial charge is 0.306 e. The molecule has 0 unspecified atom stereocenters. The maximum atomic E-state index is 13.5. The van der Waals surface area contributed by atoms with E-state index in [-0.39, 0.29) is 35.3 Å². The van der Waals surface area contributed by atoms with E-state index in [0.29, 0.717) is 0 Å². The van der Waals surface area contributed by atoms with Crippen molar-refractivity contribution in [1.82, 2.24) is 9.55 Å². The summed E-state index contributed by atoms with van der Waals surface area (Å²) >= 11 is 0. The van der Waals surface area contributed by atoms with Gasteiger partial charge >= 0.3 is 5.97 Å². The Balaban J connectivity index is 2.46. The molecule has 2 aromatic rings. The fourth-order valence-corrected chi connectivity index (χ4v) is 2.84. The number of nitrogen functional groups attached to an aromatic ring is 1. The Morgan fingerprint density at radius 1 is 1.33 bits per heavy atom. The van der Waals surface area contributed by atoms with E-state index in [9.17, 15) is 18.8 Å². The first kappa shape index (κ1) is 20.3. The second kappa shape index (κ2) is 7.34. The highest BCUT2D eigenvalue weighted by molar-refractivity contribution is 5.90. The Morgan fingerprint density at radius 3 is 2.52 bits per heavy atom. The van der Waals surface area contributed by atoms with E-state index in [2.05, 4.69) is 4.98 Å². The molecule has 0 spiro atoms. The number of anilines is 1. The summed E-state index contributed by atoms with van der Waals surface area (Å²) in [5, 5.41) is -0.00878. The molecule has 1 aromatic carbocycles. The molecule has 1 aromatic heterocycles. The lowest BCUT2D eigenvalue weighted by Crippen LogP contribution is -2.37. The molecule has 0 saturated heterocycles. The number of amides is 1. The molecule has 0 aliphatic rings. The monoisotopic (exact) mass is 378 g/mol. The van der Waals surface area contributed by atoms with Crippen molar-refractivity contribution in [2.24, 2.45) is 5.73 Å². The number of hydrogen-bond acceptors (Lipinski definition) is 6. The first-order valence-corrected chi connectivity index (χ1v) is 8.39. The van der Waals surface area contributed by atoms with Gasteiger partial charge in [-0.3, -0.25) is 19.0 Å². The number of nitrogens with two attached hydrogens (primary N) is 2. The van der Waals surface area contributed by atoms with E-state index in [1.165, 1.54) is 6.92 Å². The van der Waals surface area contributed by atoms with Gasteiger partial charge in [0.2, 0.25) is 5.91 Å². The van der Waals surface area contributed by atoms with E-state index >= 15 is 0 Å². The highest BCUT2D eigenvalue weighted by Crippen LogP contribution is 2.22. The summed E-state index contributed by atoms with van der Waals surface area (Å²) in [6.07, 6.45) is -0.160. The second-order valence-electron chi connectivity index (χ2n) is 7.27. The average Bonchev–Trinajstić information content (AvgIpc) is 2.46. The van der Waals surface area contributed by atoms with Crippen LogP contribution in [0.2, 0.25) is 0 Å². The molecule has 1 amide bonds. The number of ether oxygens (including phenoxy) is 1. The molecule has 1 atom stereocenters. The van der Waals surface area contributed by atoms with E-state index in [1.54, 1.807) is 20.8 Å². The number of aromatic nitrogens is 2. The van der Waals surface area contributed by atoms with Crippen molar-refractivity contribution in [2.75, 3.05) is 5.73 Å². The zero-order valence-electron chi connectivity index (χ0n) is 15.7. The van der Waals surface area contributed by atoms with Gasteiger partial charge in [-0.05, 0) is 40.2 Å². The van der Waals surface area contributed by atoms with E-state index in [4.69, 9.17) is 16.2 Å². The molecule has 9 heteroatoms. The third-order valence-corrected chi connectivity index (χ3v) is 3.86. The molecular weight excluding hydrogens is 355 g/mol. The predicted octanol–water partition coefficient (Wildman–Crippen LogP) is 1.57. The Labute approximate surface area is 155 Å². The van der Waals surface area contributed by atoms with Gasteiger partial charge in [-0.15, -0.1) is 0 Å². The van der Waals surface area contributed by atoms with E-state index in [1.807, 2.05) is 0 Å². The zero-order valence-corrected chi connectivity index (χ0v) is 15.7. The maximum Gasteiger partial charge on any atom is 0.306 e. The van der Waals surface area contributed by atoms with Crippen LogP contribution < -0.4 is 17.0 Å². The first-order valence-electron chi connectivity index (χ1n) is 8.39. The third-order valence-electron chi connectivity index (χ3n) is 3.86. The number of esters is 1. The lowest BCUT2D eigenvalue weighted by molar-refractivity contribution is -0.155. The van der Waals surface area contributed by atoms with Crippen LogP contribution >= 0.6 is 0 Å². The molecular formula is C18H23FN4O4. The summed E-state index contributed by atoms with van der Waals surface area (Å²) in [7, 11) is 0. The van der Waals surface area contributed by atoms with Gasteiger partial charge in [-0.1, -0.05) is 0 Å². The summed E-state index contributed by atoms with van der Waals surface area (Å²) in [4.78, 5) is 41.0. The number of halogens is 1. The van der Waals surface area contributed by atoms with Gasteiger partial charge in [-0.2, -0.15) is 0 Å². The maximum absolute atomic E-state index is 13.5. The molecule has 0 fully saturated rings. The number of carbonyl (C=O) groups is 2. The second-order valence-corrected chi connectivity index (χ2v) is 7.27. The Kier molecular flexibility index (Phi) is 5.53. The quantitative estimate of drug-likeness (QED) is 0.600. The van der Waals surface area contributed by atoms with Gasteiger partial charge in [0.1, 0.15) is 23.3 Å². The van der Waals surface area contributed by atoms with E-state index in [0.717, 1.165) is 16.7 Å². The number of benzene rings is 1. The van der Waals surface area contributed by atoms with Crippen molar-refractivity contribution in [3.05, 3.63) is 34.1 Å². The minimum atomic E-state index is -1.12. The molecule has 8 nitrogen and oxygen atoms in total. The molecule has 4 N–H and O–H groups in total. The van der Waals surface area contributed by atoms with Crippen LogP contribution in [0.1, 0.15) is 45.5 Å². The van der Waals surface area contributed by atoms with E-state index < -0.39 is 34.9 Å². The van der Waals surface area contributed by atoms with Gasteiger partial charge in [0.25, 0.3) is 5.56 Å². The summed E-state index contributed by atoms with van der Waals surface area (Å²) in [6.45, 7) is 6.66. The molecule has 1 heterocycles. The van der Waals surface area contributed by atoms with Gasteiger partial charge in [0.05, 0.1) is 10.9 Å². The number of hydrogen-bond donors (Lipinski definition) is 2. The minimum absolute atomic E-state index is 0.00878. The van der Waals surface area contributed by atoms with Gasteiger partial charge in [-0.25, -0.2) is 9.37 Å². The van der Waals surface area contributed by atoms with Crippen LogP contribution in [-0.2, 0) is 14.3 Å². The molecule has 0 aliphatic carbocycles. The highest BCUT2D eigenvalue weighted by atomic mass is 19.1. The van der Waals surface area contributed by atoms with Crippen molar-refractivity contribution in [2.45, 2.75) is 52.2 Å². The average molecular weight is 378 g/mol. The van der Waals surface area contributed by atoms with Crippen molar-refractivity contribution < 1.29 is 18.7 Å². The van der Waals surface area contributed by atoms with Crippen molar-refractivity contribution in [3.8, 4) is 0 Å². The highest BCUT2D eigenvalue weighted by Gasteiger charge is 2.25. The number of nitrogens with zero attached hydrogens (tertiary/aromatic N) is 2. The molecule has 27 heavy (non-hydrogen) atoms. The number of rotatable bonds is 5. The number of aryl methyl sites for hydroxylation is 1. The zero-order chi connectivity index (χ0) is 20.5. The fraction of sp³-hybridized carbons (Fsp3) is 0.444. The van der Waals surface area contributed by atoms with Gasteiger partial charge in [0.15, 0.2) is 0 Å². The molecule has 0 saturated carbocycles. The molecule has 0 radical (unpaired) electrons. The topological polar surface area (TPSA) is 130 Å². The fourth-order valence-electron chi connectivity index (χ4n) is 2.84. The summed E-state index contributed by atoms with van der Waals surface area (Å²) < 4.78 is 19.8. The van der Waals surface area contributed by atoms with Crippen LogP contribution in [0, 0.1) is 12.7 Å². The van der Waals surface area contributed by atoms with Crippen molar-refractivity contribution in [1.29, 1.82) is 0 Å². The number of fused-ring (bicyclic) bond motifs is 1. The predicted molar refractivity (Wildman–Crippen MR) is 98.4 cm³/mol. The first-order chi connectivity index (χ1) is 12.4. The Bertz CT molecular complexity index is 962. The van der Waals surface area contributed by atoms with Crippen LogP contribution in [0.4, 0.5) is 10.1 Å². The van der Waals surface area contributed by atoms with Crippen LogP contribution in [0.15, 0.2) is 16.9 Å². The van der Waals surface area contributed by atoms with Crippen LogP contribution in [-0.4, -0.2) is 27.0 Å². The van der Waals surface area contributed by atoms with Crippen LogP contribution in [0.25, 0.3) is 10.9 Å². The number of primary amides is 1. The molecule has 0 bridgehead atoms. The molecule has 146 valence electrons. The van der Waals surface area contributed by atoms with Gasteiger partial charge in [0, 0.05) is 18.2 Å². The van der Waals surface area contributed by atoms with Crippen molar-refractivity contribution in [3.63, 3.8) is 0 Å². The number of carbonyl (C=O) groups excluding carboxylic acids is 2. The lowest BCUT2D eigenvalue weighted by atomic mass is 10.1. The van der Waals surface area contributed by atoms with Crippen LogP contribution in [0.5, 0.6) is 0 Å². The third kappa shape index (κ3) is 4.60. The van der Waals surface area contributed by atoms with Crippen molar-refractivity contribution >= 4 is 28.5 Å². The lowest BCUT2D eigenvalue weighted by Gasteiger charge is -2.22. The Hall–Kier alpha value is -2.97. The molecule has 2 rings (SSSR count). The summed E-state index contributed by atoms with van der Waals surface area (Å²) in [5.41, 5.74) is 9.92. The standard InChI is InChI=1S/C18H23FN4O4/c1-9-22-12-8-10(19)7-11(20)15(12)17(26)23(9)13(16(21)25)5-6-14(24)27-18(2,3)4/h7-8,13H,5-6,20H2,1-4H3,(H2,21,25)/t13-/m0/s1. The summed E-state index contributed by atoms with van der Waals surface area (Å²) in [6, 6.07) is 0.974. The molecule has 0 aliphatic heterocycles. The van der Waals surface area contributed by atoms with Crippen LogP contribution in [0.3, 0.4) is 0 Å². The minimum Gasteiger partial charge on any atom is -0.460 e. The normalized spacial score (nSPS) is 12.8.